The Kier molecular flexibility index (Phi) is 6.53. The summed E-state index contributed by atoms with van der Waals surface area (Å²) >= 11 is 0. The fourth-order valence-corrected chi connectivity index (χ4v) is 3.96. The summed E-state index contributed by atoms with van der Waals surface area (Å²) in [6.45, 7) is 3.70. The van der Waals surface area contributed by atoms with Crippen LogP contribution in [-0.2, 0) is 21.4 Å². The first-order valence-corrected chi connectivity index (χ1v) is 10.9. The molecule has 0 saturated heterocycles. The van der Waals surface area contributed by atoms with Crippen molar-refractivity contribution in [3.05, 3.63) is 75.1 Å². The average molecular weight is 440 g/mol. The average Bonchev–Trinajstić information content (AvgIpc) is 2.73. The third-order valence-corrected chi connectivity index (χ3v) is 6.21. The minimum absolute atomic E-state index is 0.000640. The van der Waals surface area contributed by atoms with Gasteiger partial charge in [0.1, 0.15) is 12.2 Å². The molecule has 0 spiro atoms. The van der Waals surface area contributed by atoms with Gasteiger partial charge in [0.15, 0.2) is 0 Å². The van der Waals surface area contributed by atoms with Crippen molar-refractivity contribution in [3.8, 4) is 6.07 Å². The van der Waals surface area contributed by atoms with Gasteiger partial charge in [-0.25, -0.2) is 22.7 Å². The number of rotatable bonds is 7. The van der Waals surface area contributed by atoms with Crippen molar-refractivity contribution >= 4 is 27.0 Å². The van der Waals surface area contributed by atoms with Crippen LogP contribution in [0.25, 0.3) is 11.0 Å². The fourth-order valence-electron chi connectivity index (χ4n) is 2.92. The van der Waals surface area contributed by atoms with E-state index in [9.17, 15) is 18.0 Å². The molecule has 31 heavy (non-hydrogen) atoms. The number of nitrogens with one attached hydrogen (secondary N) is 1. The van der Waals surface area contributed by atoms with Crippen molar-refractivity contribution in [3.63, 3.8) is 0 Å². The van der Waals surface area contributed by atoms with Gasteiger partial charge >= 0.3 is 11.6 Å². The van der Waals surface area contributed by atoms with Crippen molar-refractivity contribution in [2.45, 2.75) is 31.8 Å². The second-order valence-corrected chi connectivity index (χ2v) is 8.70. The molecule has 0 atom stereocenters. The van der Waals surface area contributed by atoms with Crippen LogP contribution in [0.2, 0.25) is 0 Å². The van der Waals surface area contributed by atoms with Crippen LogP contribution in [-0.4, -0.2) is 20.9 Å². The lowest BCUT2D eigenvalue weighted by Gasteiger charge is -2.10. The van der Waals surface area contributed by atoms with Crippen molar-refractivity contribution in [1.82, 2.24) is 4.72 Å². The monoisotopic (exact) mass is 440 g/mol. The number of nitrogens with zero attached hydrogens (tertiary/aromatic N) is 1. The SMILES string of the molecule is Cc1cc2oc(=O)cc(COC(=O)c3ccc(S(=O)(=O)NCCC#N)cc3)c2cc1C. The van der Waals surface area contributed by atoms with Crippen LogP contribution in [0.4, 0.5) is 0 Å². The standard InChI is InChI=1S/C22H20N2O6S/c1-14-10-19-17(12-21(25)30-20(19)11-15(14)2)13-29-22(26)16-4-6-18(7-5-16)31(27,28)24-9-3-8-23/h4-7,10-12,24H,3,9,13H2,1-2H3. The highest BCUT2D eigenvalue weighted by Crippen LogP contribution is 2.22. The van der Waals surface area contributed by atoms with Crippen molar-refractivity contribution in [2.75, 3.05) is 6.54 Å². The lowest BCUT2D eigenvalue weighted by molar-refractivity contribution is 0.0473. The number of benzene rings is 2. The Morgan fingerprint density at radius 3 is 2.48 bits per heavy atom. The smallest absolute Gasteiger partial charge is 0.338 e. The Balaban J connectivity index is 1.75. The van der Waals surface area contributed by atoms with E-state index in [4.69, 9.17) is 14.4 Å². The number of aryl methyl sites for hydroxylation is 2. The van der Waals surface area contributed by atoms with E-state index in [1.54, 1.807) is 6.07 Å². The summed E-state index contributed by atoms with van der Waals surface area (Å²) in [5, 5.41) is 9.19. The van der Waals surface area contributed by atoms with Gasteiger partial charge in [0.05, 0.1) is 16.5 Å². The molecule has 8 nitrogen and oxygen atoms in total. The highest BCUT2D eigenvalue weighted by Gasteiger charge is 2.16. The van der Waals surface area contributed by atoms with Crippen LogP contribution in [0.1, 0.15) is 33.5 Å². The number of nitriles is 1. The number of hydrogen-bond donors (Lipinski definition) is 1. The minimum atomic E-state index is -3.77. The summed E-state index contributed by atoms with van der Waals surface area (Å²) in [5.74, 6) is -0.661. The van der Waals surface area contributed by atoms with Gasteiger partial charge < -0.3 is 9.15 Å². The number of carbonyl (C=O) groups excluding carboxylic acids is 1. The molecule has 1 aromatic heterocycles. The molecule has 0 amide bonds. The van der Waals surface area contributed by atoms with Crippen molar-refractivity contribution in [2.24, 2.45) is 0 Å². The molecule has 1 heterocycles. The first kappa shape index (κ1) is 22.2. The van der Waals surface area contributed by atoms with Gasteiger partial charge in [-0.05, 0) is 61.4 Å². The number of esters is 1. The third kappa shape index (κ3) is 5.17. The van der Waals surface area contributed by atoms with Crippen LogP contribution < -0.4 is 10.3 Å². The molecule has 0 aliphatic carbocycles. The molecule has 0 aliphatic heterocycles. The molecule has 0 saturated carbocycles. The van der Waals surface area contributed by atoms with E-state index in [2.05, 4.69) is 4.72 Å². The van der Waals surface area contributed by atoms with Crippen molar-refractivity contribution in [1.29, 1.82) is 5.26 Å². The first-order chi connectivity index (χ1) is 14.7. The highest BCUT2D eigenvalue weighted by atomic mass is 32.2. The predicted molar refractivity (Wildman–Crippen MR) is 113 cm³/mol. The Morgan fingerprint density at radius 1 is 1.13 bits per heavy atom. The molecule has 3 aromatic rings. The number of fused-ring (bicyclic) bond motifs is 1. The summed E-state index contributed by atoms with van der Waals surface area (Å²) in [6, 6.07) is 12.0. The lowest BCUT2D eigenvalue weighted by atomic mass is 10.0. The van der Waals surface area contributed by atoms with E-state index in [0.29, 0.717) is 16.5 Å². The predicted octanol–water partition coefficient (Wildman–Crippen LogP) is 2.96. The fraction of sp³-hybridized carbons (Fsp3) is 0.227. The van der Waals surface area contributed by atoms with Gasteiger partial charge in [-0.2, -0.15) is 5.26 Å². The summed E-state index contributed by atoms with van der Waals surface area (Å²) in [6.07, 6.45) is 0.0508. The summed E-state index contributed by atoms with van der Waals surface area (Å²) in [5.41, 5.74) is 2.54. The van der Waals surface area contributed by atoms with Gasteiger partial charge in [0, 0.05) is 30.0 Å². The van der Waals surface area contributed by atoms with Crippen LogP contribution in [0.3, 0.4) is 0 Å². The maximum Gasteiger partial charge on any atom is 0.338 e. The molecule has 0 fully saturated rings. The van der Waals surface area contributed by atoms with E-state index >= 15 is 0 Å². The number of sulfonamides is 1. The largest absolute Gasteiger partial charge is 0.457 e. The Morgan fingerprint density at radius 2 is 1.81 bits per heavy atom. The second-order valence-electron chi connectivity index (χ2n) is 6.93. The van der Waals surface area contributed by atoms with Gasteiger partial charge in [-0.3, -0.25) is 0 Å². The topological polar surface area (TPSA) is 126 Å². The van der Waals surface area contributed by atoms with Crippen LogP contribution in [0, 0.1) is 25.2 Å². The van der Waals surface area contributed by atoms with E-state index < -0.39 is 21.6 Å². The Labute approximate surface area is 179 Å². The summed E-state index contributed by atoms with van der Waals surface area (Å²) in [4.78, 5) is 24.2. The Hall–Kier alpha value is -3.48. The van der Waals surface area contributed by atoms with Crippen molar-refractivity contribution < 1.29 is 22.4 Å². The molecule has 9 heteroatoms. The van der Waals surface area contributed by atoms with E-state index in [1.807, 2.05) is 26.0 Å². The van der Waals surface area contributed by atoms with Gasteiger partial charge in [0.25, 0.3) is 0 Å². The minimum Gasteiger partial charge on any atom is -0.457 e. The first-order valence-electron chi connectivity index (χ1n) is 9.39. The zero-order valence-electron chi connectivity index (χ0n) is 17.0. The molecule has 1 N–H and O–H groups in total. The van der Waals surface area contributed by atoms with Gasteiger partial charge in [-0.15, -0.1) is 0 Å². The molecule has 2 aromatic carbocycles. The molecule has 0 radical (unpaired) electrons. The van der Waals surface area contributed by atoms with Gasteiger partial charge in [-0.1, -0.05) is 0 Å². The normalized spacial score (nSPS) is 11.3. The van der Waals surface area contributed by atoms with Crippen LogP contribution in [0.15, 0.2) is 56.6 Å². The molecular formula is C22H20N2O6S. The highest BCUT2D eigenvalue weighted by molar-refractivity contribution is 7.89. The van der Waals surface area contributed by atoms with E-state index in [-0.39, 0.29) is 30.0 Å². The third-order valence-electron chi connectivity index (χ3n) is 4.73. The zero-order valence-corrected chi connectivity index (χ0v) is 17.8. The molecular weight excluding hydrogens is 420 g/mol. The van der Waals surface area contributed by atoms with Gasteiger partial charge in [0.2, 0.25) is 10.0 Å². The second kappa shape index (κ2) is 9.12. The van der Waals surface area contributed by atoms with Crippen LogP contribution >= 0.6 is 0 Å². The molecule has 0 bridgehead atoms. The maximum atomic E-state index is 12.4. The van der Waals surface area contributed by atoms with E-state index in [1.165, 1.54) is 30.3 Å². The summed E-state index contributed by atoms with van der Waals surface area (Å²) < 4.78 is 37.1. The summed E-state index contributed by atoms with van der Waals surface area (Å²) in [7, 11) is -3.77. The molecule has 3 rings (SSSR count). The number of hydrogen-bond acceptors (Lipinski definition) is 7. The molecule has 0 aliphatic rings. The lowest BCUT2D eigenvalue weighted by Crippen LogP contribution is -2.24. The quantitative estimate of drug-likeness (QED) is 0.340. The van der Waals surface area contributed by atoms with E-state index in [0.717, 1.165) is 11.1 Å². The zero-order chi connectivity index (χ0) is 22.6. The molecule has 0 unspecified atom stereocenters. The molecule has 160 valence electrons. The number of carbonyl (C=O) groups is 1. The Bertz CT molecular complexity index is 1340. The van der Waals surface area contributed by atoms with Crippen LogP contribution in [0.5, 0.6) is 0 Å². The maximum absolute atomic E-state index is 12.4. The number of ether oxygens (including phenoxy) is 1.